The molecule has 0 aliphatic carbocycles. The van der Waals surface area contributed by atoms with Crippen molar-refractivity contribution in [3.63, 3.8) is 0 Å². The summed E-state index contributed by atoms with van der Waals surface area (Å²) in [4.78, 5) is 39.4. The van der Waals surface area contributed by atoms with Gasteiger partial charge in [0, 0.05) is 29.3 Å². The summed E-state index contributed by atoms with van der Waals surface area (Å²) in [7, 11) is 0. The molecular weight excluding hydrogens is 438 g/mol. The molecule has 0 spiro atoms. The third-order valence-corrected chi connectivity index (χ3v) is 5.40. The minimum Gasteiger partial charge on any atom is -0.394 e. The van der Waals surface area contributed by atoms with Crippen molar-refractivity contribution < 1.29 is 19.7 Å². The number of aromatic nitrogens is 2. The average molecular weight is 457 g/mol. The first-order valence-corrected chi connectivity index (χ1v) is 10.4. The summed E-state index contributed by atoms with van der Waals surface area (Å²) in [6.45, 7) is -0.403. The van der Waals surface area contributed by atoms with Crippen LogP contribution in [0.2, 0.25) is 0 Å². The van der Waals surface area contributed by atoms with E-state index in [1.165, 1.54) is 6.20 Å². The van der Waals surface area contributed by atoms with E-state index in [1.54, 1.807) is 48.5 Å². The maximum absolute atomic E-state index is 12.8. The Balaban J connectivity index is 1.61. The van der Waals surface area contributed by atoms with Gasteiger partial charge in [-0.25, -0.2) is 4.79 Å². The second-order valence-electron chi connectivity index (χ2n) is 7.67. The topological polar surface area (TPSA) is 145 Å². The lowest BCUT2D eigenvalue weighted by Gasteiger charge is -2.14. The van der Waals surface area contributed by atoms with Crippen LogP contribution in [0.4, 0.5) is 0 Å². The van der Waals surface area contributed by atoms with Gasteiger partial charge in [-0.15, -0.1) is 0 Å². The SMILES string of the molecule is N#Cc1ccc(C(=O)c2cccc(C#Cc3cn([C@H]4C[C@H](O)[C@@H](CO)O4)c(=O)[nH]c3=O)c2)cc1. The summed E-state index contributed by atoms with van der Waals surface area (Å²) in [6.07, 6.45) is -1.31. The predicted octanol–water partition coefficient (Wildman–Crippen LogP) is 0.680. The molecule has 3 atom stereocenters. The Morgan fingerprint density at radius 1 is 1.12 bits per heavy atom. The highest BCUT2D eigenvalue weighted by Gasteiger charge is 2.35. The van der Waals surface area contributed by atoms with Gasteiger partial charge in [0.05, 0.1) is 24.3 Å². The third kappa shape index (κ3) is 4.72. The maximum atomic E-state index is 12.8. The summed E-state index contributed by atoms with van der Waals surface area (Å²) in [6, 6.07) is 14.8. The number of carbonyl (C=O) groups excluding carboxylic acids is 1. The largest absolute Gasteiger partial charge is 0.394 e. The number of nitrogens with zero attached hydrogens (tertiary/aromatic N) is 2. The molecule has 1 saturated heterocycles. The van der Waals surface area contributed by atoms with Crippen LogP contribution in [-0.2, 0) is 4.74 Å². The number of ketones is 1. The van der Waals surface area contributed by atoms with E-state index in [2.05, 4.69) is 16.8 Å². The number of ether oxygens (including phenoxy) is 1. The molecule has 0 radical (unpaired) electrons. The maximum Gasteiger partial charge on any atom is 0.330 e. The highest BCUT2D eigenvalue weighted by atomic mass is 16.5. The number of nitrogens with one attached hydrogen (secondary N) is 1. The van der Waals surface area contributed by atoms with E-state index in [9.17, 15) is 24.6 Å². The Labute approximate surface area is 193 Å². The van der Waals surface area contributed by atoms with Crippen molar-refractivity contribution in [2.45, 2.75) is 24.9 Å². The molecule has 1 fully saturated rings. The summed E-state index contributed by atoms with van der Waals surface area (Å²) in [5.74, 6) is 5.29. The summed E-state index contributed by atoms with van der Waals surface area (Å²) in [5, 5.41) is 28.1. The molecule has 0 bridgehead atoms. The molecule has 4 rings (SSSR count). The fourth-order valence-corrected chi connectivity index (χ4v) is 3.58. The number of aliphatic hydroxyl groups excluding tert-OH is 2. The van der Waals surface area contributed by atoms with Gasteiger partial charge in [-0.1, -0.05) is 24.0 Å². The Morgan fingerprint density at radius 3 is 2.56 bits per heavy atom. The first-order chi connectivity index (χ1) is 16.4. The van der Waals surface area contributed by atoms with Crippen molar-refractivity contribution in [3.8, 4) is 17.9 Å². The van der Waals surface area contributed by atoms with Crippen LogP contribution in [0.25, 0.3) is 0 Å². The molecular formula is C25H19N3O6. The molecule has 0 amide bonds. The van der Waals surface area contributed by atoms with Crippen LogP contribution >= 0.6 is 0 Å². The Morgan fingerprint density at radius 2 is 1.88 bits per heavy atom. The first kappa shape index (κ1) is 22.9. The molecule has 2 heterocycles. The number of nitriles is 1. The highest BCUT2D eigenvalue weighted by molar-refractivity contribution is 6.09. The number of aliphatic hydroxyl groups is 2. The summed E-state index contributed by atoms with van der Waals surface area (Å²) >= 11 is 0. The Bertz CT molecular complexity index is 1450. The molecule has 2 aromatic carbocycles. The minimum atomic E-state index is -0.945. The van der Waals surface area contributed by atoms with E-state index < -0.39 is 36.3 Å². The van der Waals surface area contributed by atoms with Crippen molar-refractivity contribution >= 4 is 5.78 Å². The fourth-order valence-electron chi connectivity index (χ4n) is 3.58. The van der Waals surface area contributed by atoms with E-state index in [-0.39, 0.29) is 17.8 Å². The molecule has 3 N–H and O–H groups in total. The van der Waals surface area contributed by atoms with Gasteiger partial charge in [0.25, 0.3) is 5.56 Å². The number of rotatable bonds is 4. The summed E-state index contributed by atoms with van der Waals surface area (Å²) < 4.78 is 6.60. The normalized spacial score (nSPS) is 19.1. The molecule has 170 valence electrons. The molecule has 3 aromatic rings. The van der Waals surface area contributed by atoms with Gasteiger partial charge in [-0.3, -0.25) is 19.1 Å². The van der Waals surface area contributed by atoms with Crippen LogP contribution in [0.1, 0.15) is 45.3 Å². The zero-order chi connectivity index (χ0) is 24.2. The molecule has 0 saturated carbocycles. The summed E-state index contributed by atoms with van der Waals surface area (Å²) in [5.41, 5.74) is 0.328. The van der Waals surface area contributed by atoms with E-state index in [1.807, 2.05) is 6.07 Å². The quantitative estimate of drug-likeness (QED) is 0.386. The molecule has 1 aromatic heterocycles. The number of hydrogen-bond donors (Lipinski definition) is 3. The van der Waals surface area contributed by atoms with Crippen LogP contribution in [0.5, 0.6) is 0 Å². The van der Waals surface area contributed by atoms with Gasteiger partial charge in [0.2, 0.25) is 0 Å². The standard InChI is InChI=1S/C25H19N3O6/c26-12-16-5-7-17(8-6-16)23(31)18-3-1-2-15(10-18)4-9-19-13-28(25(33)27-24(19)32)22-11-20(30)21(14-29)34-22/h1-3,5-8,10,13,20-22,29-30H,11,14H2,(H,27,32,33)/t20-,21+,22+/m0/s1. The second kappa shape index (κ2) is 9.69. The van der Waals surface area contributed by atoms with Gasteiger partial charge in [-0.2, -0.15) is 5.26 Å². The van der Waals surface area contributed by atoms with Crippen molar-refractivity contribution in [2.24, 2.45) is 0 Å². The van der Waals surface area contributed by atoms with E-state index >= 15 is 0 Å². The number of benzene rings is 2. The molecule has 9 heteroatoms. The van der Waals surface area contributed by atoms with Crippen molar-refractivity contribution in [1.29, 1.82) is 5.26 Å². The zero-order valence-corrected chi connectivity index (χ0v) is 17.8. The minimum absolute atomic E-state index is 0.00559. The van der Waals surface area contributed by atoms with Gasteiger partial charge < -0.3 is 14.9 Å². The molecule has 34 heavy (non-hydrogen) atoms. The fraction of sp³-hybridized carbons (Fsp3) is 0.200. The molecule has 0 unspecified atom stereocenters. The number of aromatic amines is 1. The van der Waals surface area contributed by atoms with Crippen molar-refractivity contribution in [3.05, 3.63) is 103 Å². The van der Waals surface area contributed by atoms with Crippen LogP contribution < -0.4 is 11.2 Å². The van der Waals surface area contributed by atoms with Gasteiger partial charge in [-0.05, 0) is 36.4 Å². The predicted molar refractivity (Wildman–Crippen MR) is 120 cm³/mol. The van der Waals surface area contributed by atoms with Crippen molar-refractivity contribution in [2.75, 3.05) is 6.61 Å². The molecule has 1 aliphatic heterocycles. The van der Waals surface area contributed by atoms with E-state index in [0.717, 1.165) is 4.57 Å². The lowest BCUT2D eigenvalue weighted by molar-refractivity contribution is -0.0459. The number of hydrogen-bond acceptors (Lipinski definition) is 7. The second-order valence-corrected chi connectivity index (χ2v) is 7.67. The van der Waals surface area contributed by atoms with Gasteiger partial charge in [0.15, 0.2) is 5.78 Å². The molecule has 1 aliphatic rings. The lowest BCUT2D eigenvalue weighted by atomic mass is 10.0. The Kier molecular flexibility index (Phi) is 6.53. The van der Waals surface area contributed by atoms with Crippen LogP contribution in [0, 0.1) is 23.2 Å². The lowest BCUT2D eigenvalue weighted by Crippen LogP contribution is -2.33. The number of H-pyrrole nitrogens is 1. The van der Waals surface area contributed by atoms with Gasteiger partial charge >= 0.3 is 5.69 Å². The van der Waals surface area contributed by atoms with Crippen molar-refractivity contribution in [1.82, 2.24) is 9.55 Å². The van der Waals surface area contributed by atoms with Crippen LogP contribution in [0.3, 0.4) is 0 Å². The van der Waals surface area contributed by atoms with Crippen LogP contribution in [-0.4, -0.2) is 44.4 Å². The average Bonchev–Trinajstić information content (AvgIpc) is 3.23. The van der Waals surface area contributed by atoms with E-state index in [0.29, 0.717) is 22.3 Å². The monoisotopic (exact) mass is 457 g/mol. The third-order valence-electron chi connectivity index (χ3n) is 5.40. The zero-order valence-electron chi connectivity index (χ0n) is 17.8. The molecule has 9 nitrogen and oxygen atoms in total. The first-order valence-electron chi connectivity index (χ1n) is 10.4. The van der Waals surface area contributed by atoms with Gasteiger partial charge in [0.1, 0.15) is 17.9 Å². The smallest absolute Gasteiger partial charge is 0.330 e. The highest BCUT2D eigenvalue weighted by Crippen LogP contribution is 2.27. The number of carbonyl (C=O) groups is 1. The Hall–Kier alpha value is -4.28. The van der Waals surface area contributed by atoms with Crippen LogP contribution in [0.15, 0.2) is 64.3 Å². The van der Waals surface area contributed by atoms with E-state index in [4.69, 9.17) is 10.00 Å².